The van der Waals surface area contributed by atoms with Crippen LogP contribution in [0.4, 0.5) is 0 Å². The van der Waals surface area contributed by atoms with E-state index in [1.807, 2.05) is 25.1 Å². The molecule has 1 aliphatic heterocycles. The Kier molecular flexibility index (Phi) is 3.46. The summed E-state index contributed by atoms with van der Waals surface area (Å²) in [7, 11) is 0. The van der Waals surface area contributed by atoms with E-state index in [2.05, 4.69) is 6.07 Å². The van der Waals surface area contributed by atoms with Crippen molar-refractivity contribution < 1.29 is 9.47 Å². The normalized spacial score (nSPS) is 25.4. The summed E-state index contributed by atoms with van der Waals surface area (Å²) in [5, 5.41) is 0. The van der Waals surface area contributed by atoms with Crippen LogP contribution in [0.5, 0.6) is 5.75 Å². The summed E-state index contributed by atoms with van der Waals surface area (Å²) in [5.74, 6) is 0.885. The quantitative estimate of drug-likeness (QED) is 0.849. The average molecular weight is 221 g/mol. The van der Waals surface area contributed by atoms with E-state index in [9.17, 15) is 0 Å². The molecule has 16 heavy (non-hydrogen) atoms. The molecule has 2 N–H and O–H groups in total. The third-order valence-electron chi connectivity index (χ3n) is 2.99. The van der Waals surface area contributed by atoms with Crippen LogP contribution in [0.2, 0.25) is 0 Å². The number of benzene rings is 1. The largest absolute Gasteiger partial charge is 0.494 e. The topological polar surface area (TPSA) is 44.5 Å². The molecule has 1 saturated heterocycles. The van der Waals surface area contributed by atoms with E-state index < -0.39 is 0 Å². The fourth-order valence-corrected chi connectivity index (χ4v) is 2.11. The molecule has 88 valence electrons. The van der Waals surface area contributed by atoms with E-state index in [4.69, 9.17) is 15.2 Å². The Morgan fingerprint density at radius 2 is 2.38 bits per heavy atom. The van der Waals surface area contributed by atoms with E-state index in [0.717, 1.165) is 30.8 Å². The summed E-state index contributed by atoms with van der Waals surface area (Å²) in [5.41, 5.74) is 7.13. The molecule has 1 aromatic carbocycles. The molecule has 1 fully saturated rings. The van der Waals surface area contributed by atoms with Crippen LogP contribution in [0.3, 0.4) is 0 Å². The first-order valence-corrected chi connectivity index (χ1v) is 5.84. The third kappa shape index (κ3) is 2.36. The first-order chi connectivity index (χ1) is 7.74. The molecule has 0 aromatic heterocycles. The number of rotatable bonds is 3. The molecule has 2 rings (SSSR count). The smallest absolute Gasteiger partial charge is 0.119 e. The van der Waals surface area contributed by atoms with Gasteiger partial charge in [0.05, 0.1) is 18.8 Å². The van der Waals surface area contributed by atoms with Gasteiger partial charge in [-0.3, -0.25) is 0 Å². The zero-order chi connectivity index (χ0) is 11.4. The molecule has 0 radical (unpaired) electrons. The van der Waals surface area contributed by atoms with Gasteiger partial charge in [-0.25, -0.2) is 0 Å². The number of nitrogens with two attached hydrogens (primary N) is 1. The molecule has 3 nitrogen and oxygen atoms in total. The standard InChI is InChI=1S/C13H19NO2/c1-2-16-12-6-3-5-11(9-12)13(14)7-4-8-15-10-13/h3,5-6,9H,2,4,7-8,10,14H2,1H3. The lowest BCUT2D eigenvalue weighted by Gasteiger charge is -2.33. The fourth-order valence-electron chi connectivity index (χ4n) is 2.11. The highest BCUT2D eigenvalue weighted by molar-refractivity contribution is 5.33. The van der Waals surface area contributed by atoms with Crippen LogP contribution in [-0.2, 0) is 10.3 Å². The second kappa shape index (κ2) is 4.85. The summed E-state index contributed by atoms with van der Waals surface area (Å²) in [6.45, 7) is 4.08. The highest BCUT2D eigenvalue weighted by Gasteiger charge is 2.30. The SMILES string of the molecule is CCOc1cccc(C2(N)CCCOC2)c1. The second-order valence-electron chi connectivity index (χ2n) is 4.27. The van der Waals surface area contributed by atoms with Gasteiger partial charge in [0, 0.05) is 6.61 Å². The van der Waals surface area contributed by atoms with Gasteiger partial charge in [0.25, 0.3) is 0 Å². The summed E-state index contributed by atoms with van der Waals surface area (Å²) in [4.78, 5) is 0. The van der Waals surface area contributed by atoms with Gasteiger partial charge in [-0.15, -0.1) is 0 Å². The van der Waals surface area contributed by atoms with Gasteiger partial charge < -0.3 is 15.2 Å². The molecule has 0 amide bonds. The van der Waals surface area contributed by atoms with Crippen LogP contribution in [0, 0.1) is 0 Å². The Morgan fingerprint density at radius 1 is 1.50 bits per heavy atom. The van der Waals surface area contributed by atoms with Crippen LogP contribution >= 0.6 is 0 Å². The van der Waals surface area contributed by atoms with E-state index in [1.54, 1.807) is 0 Å². The summed E-state index contributed by atoms with van der Waals surface area (Å²) in [6, 6.07) is 8.03. The van der Waals surface area contributed by atoms with E-state index in [-0.39, 0.29) is 5.54 Å². The van der Waals surface area contributed by atoms with Crippen molar-refractivity contribution in [2.45, 2.75) is 25.3 Å². The molecule has 0 aliphatic carbocycles. The maximum absolute atomic E-state index is 6.36. The zero-order valence-electron chi connectivity index (χ0n) is 9.74. The lowest BCUT2D eigenvalue weighted by Crippen LogP contribution is -2.44. The maximum atomic E-state index is 6.36. The lowest BCUT2D eigenvalue weighted by atomic mass is 9.86. The molecule has 0 saturated carbocycles. The summed E-state index contributed by atoms with van der Waals surface area (Å²) < 4.78 is 11.0. The van der Waals surface area contributed by atoms with Crippen LogP contribution in [0.25, 0.3) is 0 Å². The van der Waals surface area contributed by atoms with Gasteiger partial charge >= 0.3 is 0 Å². The van der Waals surface area contributed by atoms with Gasteiger partial charge in [-0.1, -0.05) is 12.1 Å². The average Bonchev–Trinajstić information content (AvgIpc) is 2.31. The molecule has 1 aromatic rings. The van der Waals surface area contributed by atoms with E-state index in [0.29, 0.717) is 13.2 Å². The highest BCUT2D eigenvalue weighted by atomic mass is 16.5. The Labute approximate surface area is 96.5 Å². The van der Waals surface area contributed by atoms with Gasteiger partial charge in [0.2, 0.25) is 0 Å². The second-order valence-corrected chi connectivity index (χ2v) is 4.27. The Morgan fingerprint density at radius 3 is 3.06 bits per heavy atom. The first kappa shape index (κ1) is 11.4. The first-order valence-electron chi connectivity index (χ1n) is 5.84. The van der Waals surface area contributed by atoms with E-state index in [1.165, 1.54) is 0 Å². The maximum Gasteiger partial charge on any atom is 0.119 e. The molecule has 1 heterocycles. The van der Waals surface area contributed by atoms with Gasteiger partial charge in [-0.05, 0) is 37.5 Å². The molecule has 1 aliphatic rings. The van der Waals surface area contributed by atoms with Crippen molar-refractivity contribution in [2.24, 2.45) is 5.73 Å². The fraction of sp³-hybridized carbons (Fsp3) is 0.538. The highest BCUT2D eigenvalue weighted by Crippen LogP contribution is 2.29. The molecule has 1 unspecified atom stereocenters. The van der Waals surface area contributed by atoms with Crippen LogP contribution in [0.15, 0.2) is 24.3 Å². The zero-order valence-corrected chi connectivity index (χ0v) is 9.74. The van der Waals surface area contributed by atoms with Crippen molar-refractivity contribution in [3.63, 3.8) is 0 Å². The Hall–Kier alpha value is -1.06. The van der Waals surface area contributed by atoms with Crippen molar-refractivity contribution in [1.29, 1.82) is 0 Å². The third-order valence-corrected chi connectivity index (χ3v) is 2.99. The molecule has 0 spiro atoms. The molecular weight excluding hydrogens is 202 g/mol. The Balaban J connectivity index is 2.21. The number of ether oxygens (including phenoxy) is 2. The number of hydrogen-bond acceptors (Lipinski definition) is 3. The van der Waals surface area contributed by atoms with Crippen molar-refractivity contribution in [3.05, 3.63) is 29.8 Å². The molecule has 3 heteroatoms. The predicted octanol–water partition coefficient (Wildman–Crippen LogP) is 2.05. The number of hydrogen-bond donors (Lipinski definition) is 1. The predicted molar refractivity (Wildman–Crippen MR) is 63.5 cm³/mol. The van der Waals surface area contributed by atoms with Crippen molar-refractivity contribution in [2.75, 3.05) is 19.8 Å². The van der Waals surface area contributed by atoms with Crippen molar-refractivity contribution >= 4 is 0 Å². The van der Waals surface area contributed by atoms with E-state index >= 15 is 0 Å². The van der Waals surface area contributed by atoms with Crippen molar-refractivity contribution in [3.8, 4) is 5.75 Å². The van der Waals surface area contributed by atoms with Gasteiger partial charge in [-0.2, -0.15) is 0 Å². The minimum Gasteiger partial charge on any atom is -0.494 e. The minimum absolute atomic E-state index is 0.342. The lowest BCUT2D eigenvalue weighted by molar-refractivity contribution is 0.0366. The molecule has 0 bridgehead atoms. The van der Waals surface area contributed by atoms with Crippen LogP contribution in [-0.4, -0.2) is 19.8 Å². The minimum atomic E-state index is -0.342. The monoisotopic (exact) mass is 221 g/mol. The van der Waals surface area contributed by atoms with Crippen molar-refractivity contribution in [1.82, 2.24) is 0 Å². The Bertz CT molecular complexity index is 346. The summed E-state index contributed by atoms with van der Waals surface area (Å²) in [6.07, 6.45) is 2.00. The molecule has 1 atom stereocenters. The molecular formula is C13H19NO2. The van der Waals surface area contributed by atoms with Gasteiger partial charge in [0.1, 0.15) is 5.75 Å². The summed E-state index contributed by atoms with van der Waals surface area (Å²) >= 11 is 0. The van der Waals surface area contributed by atoms with Crippen LogP contribution < -0.4 is 10.5 Å². The van der Waals surface area contributed by atoms with Gasteiger partial charge in [0.15, 0.2) is 0 Å². The van der Waals surface area contributed by atoms with Crippen LogP contribution in [0.1, 0.15) is 25.3 Å².